The molecule has 0 aliphatic carbocycles. The average molecular weight is 219 g/mol. The van der Waals surface area contributed by atoms with Crippen molar-refractivity contribution in [1.82, 2.24) is 0 Å². The maximum absolute atomic E-state index is 11.1. The standard InChI is InChI=1S/C13H17NO2/c1-10(2)13(15)16-9-8-11-4-6-12(14-3)7-5-11/h4-7,14H,1,8-9H2,2-3H3. The van der Waals surface area contributed by atoms with Crippen molar-refractivity contribution in [3.05, 3.63) is 42.0 Å². The fourth-order valence-corrected chi connectivity index (χ4v) is 1.22. The third-order valence-corrected chi connectivity index (χ3v) is 2.21. The zero-order valence-electron chi connectivity index (χ0n) is 9.75. The summed E-state index contributed by atoms with van der Waals surface area (Å²) >= 11 is 0. The van der Waals surface area contributed by atoms with E-state index in [0.29, 0.717) is 12.2 Å². The molecule has 1 N–H and O–H groups in total. The third-order valence-electron chi connectivity index (χ3n) is 2.21. The number of ether oxygens (including phenoxy) is 1. The van der Waals surface area contributed by atoms with Gasteiger partial charge in [0.2, 0.25) is 0 Å². The molecule has 0 spiro atoms. The molecule has 0 fully saturated rings. The Morgan fingerprint density at radius 1 is 1.38 bits per heavy atom. The summed E-state index contributed by atoms with van der Waals surface area (Å²) in [6, 6.07) is 8.02. The van der Waals surface area contributed by atoms with Gasteiger partial charge < -0.3 is 10.1 Å². The molecule has 1 aromatic carbocycles. The minimum atomic E-state index is -0.327. The SMILES string of the molecule is C=C(C)C(=O)OCCc1ccc(NC)cc1. The first-order valence-electron chi connectivity index (χ1n) is 5.23. The third kappa shape index (κ3) is 3.77. The number of hydrogen-bond acceptors (Lipinski definition) is 3. The molecular formula is C13H17NO2. The van der Waals surface area contributed by atoms with Crippen LogP contribution in [0.1, 0.15) is 12.5 Å². The second-order valence-electron chi connectivity index (χ2n) is 3.61. The van der Waals surface area contributed by atoms with E-state index in [4.69, 9.17) is 4.74 Å². The van der Waals surface area contributed by atoms with Crippen LogP contribution in [0.3, 0.4) is 0 Å². The molecule has 16 heavy (non-hydrogen) atoms. The van der Waals surface area contributed by atoms with Crippen molar-refractivity contribution >= 4 is 11.7 Å². The van der Waals surface area contributed by atoms with Crippen LogP contribution in [0, 0.1) is 0 Å². The molecule has 86 valence electrons. The number of hydrogen-bond donors (Lipinski definition) is 1. The van der Waals surface area contributed by atoms with E-state index >= 15 is 0 Å². The van der Waals surface area contributed by atoms with Crippen LogP contribution in [-0.2, 0) is 16.0 Å². The first-order valence-corrected chi connectivity index (χ1v) is 5.23. The van der Waals surface area contributed by atoms with Crippen molar-refractivity contribution in [2.45, 2.75) is 13.3 Å². The van der Waals surface area contributed by atoms with Gasteiger partial charge in [-0.3, -0.25) is 0 Å². The number of carbonyl (C=O) groups is 1. The highest BCUT2D eigenvalue weighted by molar-refractivity contribution is 5.86. The predicted molar refractivity (Wildman–Crippen MR) is 65.5 cm³/mol. The summed E-state index contributed by atoms with van der Waals surface area (Å²) in [5, 5.41) is 3.05. The normalized spacial score (nSPS) is 9.62. The van der Waals surface area contributed by atoms with Crippen molar-refractivity contribution in [3.8, 4) is 0 Å². The van der Waals surface area contributed by atoms with Gasteiger partial charge in [-0.05, 0) is 24.6 Å². The van der Waals surface area contributed by atoms with E-state index in [2.05, 4.69) is 11.9 Å². The fraction of sp³-hybridized carbons (Fsp3) is 0.308. The first kappa shape index (κ1) is 12.3. The monoisotopic (exact) mass is 219 g/mol. The Hall–Kier alpha value is -1.77. The second kappa shape index (κ2) is 5.95. The van der Waals surface area contributed by atoms with E-state index in [1.165, 1.54) is 0 Å². The Morgan fingerprint density at radius 3 is 2.50 bits per heavy atom. The van der Waals surface area contributed by atoms with Crippen LogP contribution in [-0.4, -0.2) is 19.6 Å². The predicted octanol–water partition coefficient (Wildman–Crippen LogP) is 2.39. The zero-order chi connectivity index (χ0) is 12.0. The molecule has 0 aliphatic rings. The van der Waals surface area contributed by atoms with Crippen LogP contribution in [0.4, 0.5) is 5.69 Å². The molecule has 0 heterocycles. The average Bonchev–Trinajstić information content (AvgIpc) is 2.29. The van der Waals surface area contributed by atoms with Crippen molar-refractivity contribution < 1.29 is 9.53 Å². The molecule has 0 atom stereocenters. The van der Waals surface area contributed by atoms with Gasteiger partial charge in [-0.15, -0.1) is 0 Å². The summed E-state index contributed by atoms with van der Waals surface area (Å²) in [5.41, 5.74) is 2.65. The summed E-state index contributed by atoms with van der Waals surface area (Å²) in [6.07, 6.45) is 0.725. The molecule has 0 aromatic heterocycles. The molecule has 0 radical (unpaired) electrons. The Kier molecular flexibility index (Phi) is 4.58. The molecule has 0 amide bonds. The lowest BCUT2D eigenvalue weighted by Gasteiger charge is -2.05. The van der Waals surface area contributed by atoms with Crippen LogP contribution < -0.4 is 5.32 Å². The Balaban J connectivity index is 2.37. The minimum Gasteiger partial charge on any atom is -0.462 e. The summed E-state index contributed by atoms with van der Waals surface area (Å²) in [7, 11) is 1.88. The molecule has 1 rings (SSSR count). The molecule has 0 saturated heterocycles. The van der Waals surface area contributed by atoms with Gasteiger partial charge in [-0.2, -0.15) is 0 Å². The van der Waals surface area contributed by atoms with Gasteiger partial charge in [0.15, 0.2) is 0 Å². The molecule has 0 bridgehead atoms. The van der Waals surface area contributed by atoms with Gasteiger partial charge in [0.05, 0.1) is 6.61 Å². The highest BCUT2D eigenvalue weighted by Gasteiger charge is 2.02. The molecule has 3 nitrogen and oxygen atoms in total. The Labute approximate surface area is 96.1 Å². The van der Waals surface area contributed by atoms with E-state index in [9.17, 15) is 4.79 Å². The number of carbonyl (C=O) groups excluding carboxylic acids is 1. The molecule has 0 aliphatic heterocycles. The zero-order valence-corrected chi connectivity index (χ0v) is 9.75. The minimum absolute atomic E-state index is 0.327. The van der Waals surface area contributed by atoms with Crippen molar-refractivity contribution in [2.75, 3.05) is 19.0 Å². The van der Waals surface area contributed by atoms with Crippen molar-refractivity contribution in [3.63, 3.8) is 0 Å². The van der Waals surface area contributed by atoms with Gasteiger partial charge in [0.1, 0.15) is 0 Å². The summed E-state index contributed by atoms with van der Waals surface area (Å²) in [4.78, 5) is 11.1. The van der Waals surface area contributed by atoms with E-state index in [0.717, 1.165) is 17.7 Å². The van der Waals surface area contributed by atoms with Gasteiger partial charge >= 0.3 is 5.97 Å². The molecular weight excluding hydrogens is 202 g/mol. The second-order valence-corrected chi connectivity index (χ2v) is 3.61. The van der Waals surface area contributed by atoms with Gasteiger partial charge in [0, 0.05) is 24.7 Å². The number of rotatable bonds is 5. The number of esters is 1. The summed E-state index contributed by atoms with van der Waals surface area (Å²) in [6.45, 7) is 5.56. The van der Waals surface area contributed by atoms with E-state index in [1.54, 1.807) is 6.92 Å². The Bertz CT molecular complexity index is 368. The lowest BCUT2D eigenvalue weighted by molar-refractivity contribution is -0.138. The van der Waals surface area contributed by atoms with Crippen LogP contribution >= 0.6 is 0 Å². The highest BCUT2D eigenvalue weighted by atomic mass is 16.5. The lowest BCUT2D eigenvalue weighted by Crippen LogP contribution is -2.07. The van der Waals surface area contributed by atoms with E-state index in [1.807, 2.05) is 31.3 Å². The molecule has 0 saturated carbocycles. The van der Waals surface area contributed by atoms with Gasteiger partial charge in [-0.25, -0.2) is 4.79 Å². The lowest BCUT2D eigenvalue weighted by atomic mass is 10.1. The topological polar surface area (TPSA) is 38.3 Å². The van der Waals surface area contributed by atoms with Gasteiger partial charge in [-0.1, -0.05) is 18.7 Å². The highest BCUT2D eigenvalue weighted by Crippen LogP contribution is 2.09. The van der Waals surface area contributed by atoms with Crippen LogP contribution in [0.5, 0.6) is 0 Å². The maximum atomic E-state index is 11.1. The quantitative estimate of drug-likeness (QED) is 0.610. The smallest absolute Gasteiger partial charge is 0.333 e. The molecule has 0 unspecified atom stereocenters. The van der Waals surface area contributed by atoms with E-state index in [-0.39, 0.29) is 5.97 Å². The van der Waals surface area contributed by atoms with E-state index < -0.39 is 0 Å². The number of benzene rings is 1. The number of anilines is 1. The van der Waals surface area contributed by atoms with Gasteiger partial charge in [0.25, 0.3) is 0 Å². The number of nitrogens with one attached hydrogen (secondary N) is 1. The van der Waals surface area contributed by atoms with Crippen LogP contribution in [0.2, 0.25) is 0 Å². The van der Waals surface area contributed by atoms with Crippen LogP contribution in [0.25, 0.3) is 0 Å². The fourth-order valence-electron chi connectivity index (χ4n) is 1.22. The molecule has 1 aromatic rings. The maximum Gasteiger partial charge on any atom is 0.333 e. The first-order chi connectivity index (χ1) is 7.63. The molecule has 3 heteroatoms. The van der Waals surface area contributed by atoms with Crippen LogP contribution in [0.15, 0.2) is 36.4 Å². The largest absolute Gasteiger partial charge is 0.462 e. The van der Waals surface area contributed by atoms with Crippen molar-refractivity contribution in [2.24, 2.45) is 0 Å². The summed E-state index contributed by atoms with van der Waals surface area (Å²) < 4.78 is 5.01. The summed E-state index contributed by atoms with van der Waals surface area (Å²) in [5.74, 6) is -0.327. The Morgan fingerprint density at radius 2 is 2.00 bits per heavy atom. The van der Waals surface area contributed by atoms with Crippen molar-refractivity contribution in [1.29, 1.82) is 0 Å².